The van der Waals surface area contributed by atoms with Crippen molar-refractivity contribution in [2.45, 2.75) is 45.1 Å². The Hall–Kier alpha value is -2.27. The summed E-state index contributed by atoms with van der Waals surface area (Å²) in [6.45, 7) is 3.71. The van der Waals surface area contributed by atoms with E-state index >= 15 is 0 Å². The number of hydrogen-bond donors (Lipinski definition) is 3. The van der Waals surface area contributed by atoms with Gasteiger partial charge in [0.25, 0.3) is 5.91 Å². The molecule has 11 heteroatoms. The fourth-order valence-corrected chi connectivity index (χ4v) is 2.63. The summed E-state index contributed by atoms with van der Waals surface area (Å²) < 4.78 is 41.6. The number of hydrogen-bond acceptors (Lipinski definition) is 6. The van der Waals surface area contributed by atoms with Crippen LogP contribution in [0.5, 0.6) is 5.75 Å². The van der Waals surface area contributed by atoms with Gasteiger partial charge in [-0.05, 0) is 24.5 Å². The van der Waals surface area contributed by atoms with Gasteiger partial charge in [0, 0.05) is 12.0 Å². The van der Waals surface area contributed by atoms with Crippen LogP contribution in [0.4, 0.5) is 13.2 Å². The maximum absolute atomic E-state index is 12.5. The summed E-state index contributed by atoms with van der Waals surface area (Å²) in [6.07, 6.45) is -5.72. The topological polar surface area (TPSA) is 100 Å². The molecule has 0 saturated heterocycles. The van der Waals surface area contributed by atoms with Crippen LogP contribution in [-0.4, -0.2) is 47.2 Å². The minimum absolute atomic E-state index is 0.0612. The highest BCUT2D eigenvalue weighted by atomic mass is 19.4. The number of carbonyl (C=O) groups excluding carboxylic acids is 1. The summed E-state index contributed by atoms with van der Waals surface area (Å²) >= 11 is 0. The van der Waals surface area contributed by atoms with E-state index in [-0.39, 0.29) is 23.6 Å². The van der Waals surface area contributed by atoms with Crippen LogP contribution in [0.3, 0.4) is 0 Å². The molecule has 2 atom stereocenters. The molecule has 1 aliphatic heterocycles. The number of nitrogens with zero attached hydrogens (tertiary/aromatic N) is 1. The number of amides is 1. The van der Waals surface area contributed by atoms with Crippen molar-refractivity contribution >= 4 is 18.7 Å². The van der Waals surface area contributed by atoms with Gasteiger partial charge in [0.05, 0.1) is 11.7 Å². The van der Waals surface area contributed by atoms with Gasteiger partial charge >= 0.3 is 13.5 Å². The summed E-state index contributed by atoms with van der Waals surface area (Å²) in [7, 11) is -1.75. The molecule has 1 aromatic carbocycles. The van der Waals surface area contributed by atoms with Crippen LogP contribution in [0.2, 0.25) is 0 Å². The fraction of sp³-hybridized carbons (Fsp3) is 0.500. The van der Waals surface area contributed by atoms with Crippen LogP contribution in [0.1, 0.15) is 32.3 Å². The van der Waals surface area contributed by atoms with Gasteiger partial charge < -0.3 is 24.9 Å². The van der Waals surface area contributed by atoms with E-state index in [1.54, 1.807) is 0 Å². The molecule has 1 amide bonds. The number of ether oxygens (including phenoxy) is 1. The first-order valence-corrected chi connectivity index (χ1v) is 8.31. The number of carbonyl (C=O) groups is 1. The Kier molecular flexibility index (Phi) is 6.71. The molecule has 7 nitrogen and oxygen atoms in total. The molecule has 0 aliphatic carbocycles. The molecule has 1 aromatic rings. The van der Waals surface area contributed by atoms with Crippen molar-refractivity contribution in [3.05, 3.63) is 29.8 Å². The average Bonchev–Trinajstić information content (AvgIpc) is 3.02. The molecule has 0 radical (unpaired) electrons. The monoisotopic (exact) mass is 388 g/mol. The van der Waals surface area contributed by atoms with Crippen LogP contribution in [-0.2, 0) is 9.63 Å². The molecule has 0 saturated carbocycles. The Balaban J connectivity index is 2.05. The number of nitrogens with one attached hydrogen (secondary N) is 1. The van der Waals surface area contributed by atoms with E-state index in [2.05, 4.69) is 15.2 Å². The van der Waals surface area contributed by atoms with E-state index in [0.29, 0.717) is 6.42 Å². The van der Waals surface area contributed by atoms with Crippen molar-refractivity contribution in [3.8, 4) is 5.75 Å². The quantitative estimate of drug-likeness (QED) is 0.617. The number of benzene rings is 1. The second kappa shape index (κ2) is 8.62. The molecule has 1 heterocycles. The normalized spacial score (nSPS) is 17.9. The maximum Gasteiger partial charge on any atom is 0.573 e. The van der Waals surface area contributed by atoms with Crippen molar-refractivity contribution in [1.82, 2.24) is 5.32 Å². The Morgan fingerprint density at radius 2 is 2.07 bits per heavy atom. The van der Waals surface area contributed by atoms with Crippen LogP contribution < -0.4 is 10.1 Å². The van der Waals surface area contributed by atoms with Gasteiger partial charge in [-0.25, -0.2) is 0 Å². The lowest BCUT2D eigenvalue weighted by molar-refractivity contribution is -0.274. The largest absolute Gasteiger partial charge is 0.573 e. The smallest absolute Gasteiger partial charge is 0.426 e. The van der Waals surface area contributed by atoms with Crippen molar-refractivity contribution in [2.75, 3.05) is 0 Å². The van der Waals surface area contributed by atoms with Gasteiger partial charge in [-0.3, -0.25) is 4.79 Å². The van der Waals surface area contributed by atoms with E-state index in [9.17, 15) is 28.0 Å². The molecule has 0 aromatic heterocycles. The van der Waals surface area contributed by atoms with E-state index in [1.165, 1.54) is 18.2 Å². The van der Waals surface area contributed by atoms with E-state index in [0.717, 1.165) is 6.07 Å². The standard InChI is InChI=1S/C16H20BF3N2O5/c1-9(2)7-14(17(24)25)21-15(23)13-8-11(22-27-13)10-5-3-4-6-12(10)26-16(18,19)20/h3-6,9,13-14,24-25H,7-8H2,1-2H3,(H,21,23)/t13?,14-/m0/s1. The number of alkyl halides is 3. The molecule has 0 spiro atoms. The van der Waals surface area contributed by atoms with Gasteiger partial charge in [0.15, 0.2) is 0 Å². The van der Waals surface area contributed by atoms with Crippen LogP contribution in [0.25, 0.3) is 0 Å². The predicted molar refractivity (Wildman–Crippen MR) is 90.7 cm³/mol. The number of rotatable bonds is 7. The zero-order valence-electron chi connectivity index (χ0n) is 14.7. The molecule has 1 aliphatic rings. The molecule has 2 rings (SSSR count). The first-order chi connectivity index (χ1) is 12.6. The fourth-order valence-electron chi connectivity index (χ4n) is 2.63. The van der Waals surface area contributed by atoms with Crippen molar-refractivity contribution in [1.29, 1.82) is 0 Å². The van der Waals surface area contributed by atoms with E-state index in [1.807, 2.05) is 13.8 Å². The third-order valence-electron chi connectivity index (χ3n) is 3.80. The lowest BCUT2D eigenvalue weighted by Gasteiger charge is -2.21. The third kappa shape index (κ3) is 6.14. The highest BCUT2D eigenvalue weighted by Gasteiger charge is 2.36. The van der Waals surface area contributed by atoms with Gasteiger partial charge in [0.2, 0.25) is 6.10 Å². The van der Waals surface area contributed by atoms with Crippen molar-refractivity contribution in [2.24, 2.45) is 11.1 Å². The lowest BCUT2D eigenvalue weighted by Crippen LogP contribution is -2.50. The third-order valence-corrected chi connectivity index (χ3v) is 3.80. The molecule has 0 bridgehead atoms. The van der Waals surface area contributed by atoms with Crippen molar-refractivity contribution in [3.63, 3.8) is 0 Å². The average molecular weight is 388 g/mol. The minimum atomic E-state index is -4.87. The lowest BCUT2D eigenvalue weighted by atomic mass is 9.75. The van der Waals surface area contributed by atoms with Gasteiger partial charge in [0.1, 0.15) is 5.75 Å². The Labute approximate surface area is 154 Å². The summed E-state index contributed by atoms with van der Waals surface area (Å²) in [4.78, 5) is 17.3. The van der Waals surface area contributed by atoms with Gasteiger partial charge in [-0.1, -0.05) is 31.1 Å². The number of halogens is 3. The molecular formula is C16H20BF3N2O5. The number of para-hydroxylation sites is 1. The Bertz CT molecular complexity index is 697. The molecule has 27 heavy (non-hydrogen) atoms. The Morgan fingerprint density at radius 3 is 2.67 bits per heavy atom. The minimum Gasteiger partial charge on any atom is -0.426 e. The van der Waals surface area contributed by atoms with E-state index in [4.69, 9.17) is 4.84 Å². The van der Waals surface area contributed by atoms with Crippen LogP contribution >= 0.6 is 0 Å². The highest BCUT2D eigenvalue weighted by molar-refractivity contribution is 6.43. The summed E-state index contributed by atoms with van der Waals surface area (Å²) in [5.41, 5.74) is 0.186. The zero-order chi connectivity index (χ0) is 20.2. The second-order valence-corrected chi connectivity index (χ2v) is 6.54. The maximum atomic E-state index is 12.5. The predicted octanol–water partition coefficient (Wildman–Crippen LogP) is 1.62. The molecular weight excluding hydrogens is 368 g/mol. The molecule has 1 unspecified atom stereocenters. The first-order valence-electron chi connectivity index (χ1n) is 8.31. The Morgan fingerprint density at radius 1 is 1.41 bits per heavy atom. The SMILES string of the molecule is CC(C)C[C@H](NC(=O)C1CC(c2ccccc2OC(F)(F)F)=NO1)B(O)O. The zero-order valence-corrected chi connectivity index (χ0v) is 14.7. The summed E-state index contributed by atoms with van der Waals surface area (Å²) in [5, 5.41) is 24.9. The summed E-state index contributed by atoms with van der Waals surface area (Å²) in [5.74, 6) is -1.88. The van der Waals surface area contributed by atoms with E-state index < -0.39 is 37.2 Å². The molecule has 0 fully saturated rings. The highest BCUT2D eigenvalue weighted by Crippen LogP contribution is 2.29. The van der Waals surface area contributed by atoms with Crippen LogP contribution in [0, 0.1) is 5.92 Å². The van der Waals surface area contributed by atoms with Gasteiger partial charge in [-0.15, -0.1) is 13.2 Å². The van der Waals surface area contributed by atoms with Crippen LogP contribution in [0.15, 0.2) is 29.4 Å². The first kappa shape index (κ1) is 21.0. The molecule has 148 valence electrons. The molecule has 3 N–H and O–H groups in total. The van der Waals surface area contributed by atoms with Crippen molar-refractivity contribution < 1.29 is 37.6 Å². The second-order valence-electron chi connectivity index (χ2n) is 6.54. The number of oxime groups is 1. The summed E-state index contributed by atoms with van der Waals surface area (Å²) in [6, 6.07) is 5.40. The van der Waals surface area contributed by atoms with Gasteiger partial charge in [-0.2, -0.15) is 0 Å².